The first kappa shape index (κ1) is 17.3. The van der Waals surface area contributed by atoms with Crippen molar-refractivity contribution >= 4 is 18.3 Å². The molecule has 3 rings (SSSR count). The van der Waals surface area contributed by atoms with Crippen LogP contribution >= 0.6 is 12.4 Å². The van der Waals surface area contributed by atoms with Crippen LogP contribution in [0.1, 0.15) is 56.6 Å². The van der Waals surface area contributed by atoms with Gasteiger partial charge in [0.2, 0.25) is 5.91 Å². The summed E-state index contributed by atoms with van der Waals surface area (Å²) in [5.74, 6) is 0.991. The smallest absolute Gasteiger partial charge is 0.224 e. The summed E-state index contributed by atoms with van der Waals surface area (Å²) in [6.07, 6.45) is 8.08. The maximum atomic E-state index is 12.6. The number of carbonyl (C=O) groups is 1. The van der Waals surface area contributed by atoms with E-state index in [2.05, 4.69) is 4.90 Å². The number of hydrogen-bond acceptors (Lipinski definition) is 2. The van der Waals surface area contributed by atoms with Crippen molar-refractivity contribution in [2.24, 2.45) is 11.7 Å². The molecular weight excluding hydrogens is 296 g/mol. The van der Waals surface area contributed by atoms with Gasteiger partial charge in [-0.3, -0.25) is 4.79 Å². The molecule has 2 atom stereocenters. The van der Waals surface area contributed by atoms with Gasteiger partial charge in [-0.25, -0.2) is 0 Å². The summed E-state index contributed by atoms with van der Waals surface area (Å²) < 4.78 is 0. The average molecular weight is 323 g/mol. The van der Waals surface area contributed by atoms with Crippen LogP contribution in [0.3, 0.4) is 0 Å². The zero-order valence-electron chi connectivity index (χ0n) is 13.1. The number of carbonyl (C=O) groups excluding carboxylic acids is 1. The van der Waals surface area contributed by atoms with Crippen molar-refractivity contribution in [1.82, 2.24) is 4.90 Å². The fourth-order valence-corrected chi connectivity index (χ4v) is 4.06. The van der Waals surface area contributed by atoms with Crippen molar-refractivity contribution in [3.63, 3.8) is 0 Å². The van der Waals surface area contributed by atoms with Crippen molar-refractivity contribution in [3.05, 3.63) is 35.9 Å². The Morgan fingerprint density at radius 2 is 1.82 bits per heavy atom. The topological polar surface area (TPSA) is 46.3 Å². The van der Waals surface area contributed by atoms with Crippen molar-refractivity contribution in [2.45, 2.75) is 57.0 Å². The van der Waals surface area contributed by atoms with Crippen molar-refractivity contribution in [2.75, 3.05) is 6.54 Å². The van der Waals surface area contributed by atoms with Gasteiger partial charge >= 0.3 is 0 Å². The Hall–Kier alpha value is -1.06. The van der Waals surface area contributed by atoms with Crippen LogP contribution in [-0.4, -0.2) is 23.4 Å². The van der Waals surface area contributed by atoms with Gasteiger partial charge in [0.1, 0.15) is 0 Å². The molecule has 1 saturated carbocycles. The highest BCUT2D eigenvalue weighted by Crippen LogP contribution is 2.36. The van der Waals surface area contributed by atoms with Crippen LogP contribution in [0.2, 0.25) is 0 Å². The first-order valence-corrected chi connectivity index (χ1v) is 8.35. The molecule has 0 bridgehead atoms. The Kier molecular flexibility index (Phi) is 6.27. The molecule has 1 amide bonds. The van der Waals surface area contributed by atoms with Crippen LogP contribution in [0.25, 0.3) is 0 Å². The van der Waals surface area contributed by atoms with E-state index in [0.717, 1.165) is 24.4 Å². The zero-order valence-corrected chi connectivity index (χ0v) is 13.9. The lowest BCUT2D eigenvalue weighted by atomic mass is 9.95. The van der Waals surface area contributed by atoms with Gasteiger partial charge in [0.05, 0.1) is 0 Å². The van der Waals surface area contributed by atoms with Crippen molar-refractivity contribution < 1.29 is 4.79 Å². The Morgan fingerprint density at radius 1 is 1.14 bits per heavy atom. The molecule has 0 radical (unpaired) electrons. The minimum atomic E-state index is -0.177. The van der Waals surface area contributed by atoms with E-state index >= 15 is 0 Å². The second-order valence-corrected chi connectivity index (χ2v) is 6.56. The number of nitrogens with zero attached hydrogens (tertiary/aromatic N) is 1. The summed E-state index contributed by atoms with van der Waals surface area (Å²) in [7, 11) is 0. The van der Waals surface area contributed by atoms with E-state index in [-0.39, 0.29) is 24.4 Å². The molecule has 1 aromatic carbocycles. The van der Waals surface area contributed by atoms with Crippen molar-refractivity contribution in [1.29, 1.82) is 0 Å². The van der Waals surface area contributed by atoms with Crippen LogP contribution in [0.4, 0.5) is 0 Å². The third-order valence-electron chi connectivity index (χ3n) is 5.19. The Morgan fingerprint density at radius 3 is 2.50 bits per heavy atom. The van der Waals surface area contributed by atoms with E-state index in [1.165, 1.54) is 32.1 Å². The molecule has 22 heavy (non-hydrogen) atoms. The minimum absolute atomic E-state index is 0. The van der Waals surface area contributed by atoms with Crippen LogP contribution in [0.15, 0.2) is 30.3 Å². The summed E-state index contributed by atoms with van der Waals surface area (Å²) in [6, 6.07) is 10.3. The maximum absolute atomic E-state index is 12.6. The predicted octanol–water partition coefficient (Wildman–Crippen LogP) is 3.68. The highest BCUT2D eigenvalue weighted by atomic mass is 35.5. The third kappa shape index (κ3) is 3.82. The van der Waals surface area contributed by atoms with Gasteiger partial charge in [0, 0.05) is 25.0 Å². The largest absolute Gasteiger partial charge is 0.339 e. The number of rotatable bonds is 4. The number of halogens is 1. The molecule has 2 unspecified atom stereocenters. The maximum Gasteiger partial charge on any atom is 0.224 e. The lowest BCUT2D eigenvalue weighted by molar-refractivity contribution is -0.133. The van der Waals surface area contributed by atoms with E-state index in [4.69, 9.17) is 5.73 Å². The van der Waals surface area contributed by atoms with Crippen LogP contribution in [-0.2, 0) is 4.79 Å². The molecule has 2 N–H and O–H groups in total. The van der Waals surface area contributed by atoms with Gasteiger partial charge in [-0.1, -0.05) is 43.2 Å². The minimum Gasteiger partial charge on any atom is -0.339 e. The highest BCUT2D eigenvalue weighted by Gasteiger charge is 2.36. The number of amides is 1. The van der Waals surface area contributed by atoms with Crippen molar-refractivity contribution in [3.8, 4) is 0 Å². The molecule has 2 fully saturated rings. The van der Waals surface area contributed by atoms with E-state index in [9.17, 15) is 4.79 Å². The molecular formula is C18H27ClN2O. The summed E-state index contributed by atoms with van der Waals surface area (Å²) in [4.78, 5) is 14.8. The molecule has 3 nitrogen and oxygen atoms in total. The van der Waals surface area contributed by atoms with Gasteiger partial charge in [-0.05, 0) is 37.2 Å². The Labute approximate surface area is 139 Å². The molecule has 1 aliphatic heterocycles. The monoisotopic (exact) mass is 322 g/mol. The zero-order chi connectivity index (χ0) is 14.7. The van der Waals surface area contributed by atoms with Gasteiger partial charge < -0.3 is 10.6 Å². The van der Waals surface area contributed by atoms with Gasteiger partial charge in [0.25, 0.3) is 0 Å². The van der Waals surface area contributed by atoms with E-state index in [0.29, 0.717) is 12.5 Å². The highest BCUT2D eigenvalue weighted by molar-refractivity contribution is 5.85. The number of nitrogens with two attached hydrogens (primary N) is 1. The van der Waals surface area contributed by atoms with E-state index in [1.54, 1.807) is 0 Å². The molecule has 1 heterocycles. The molecule has 0 aromatic heterocycles. The second-order valence-electron chi connectivity index (χ2n) is 6.56. The molecule has 1 saturated heterocycles. The third-order valence-corrected chi connectivity index (χ3v) is 5.19. The molecule has 0 spiro atoms. The number of hydrogen-bond donors (Lipinski definition) is 1. The lowest BCUT2D eigenvalue weighted by Gasteiger charge is -2.30. The summed E-state index contributed by atoms with van der Waals surface area (Å²) in [5.41, 5.74) is 7.27. The summed E-state index contributed by atoms with van der Waals surface area (Å²) in [5, 5.41) is 0. The average Bonchev–Trinajstić information content (AvgIpc) is 3.18. The number of likely N-dealkylation sites (tertiary alicyclic amines) is 1. The molecule has 1 aromatic rings. The Balaban J connectivity index is 0.00000176. The molecule has 122 valence electrons. The van der Waals surface area contributed by atoms with Crippen LogP contribution in [0, 0.1) is 5.92 Å². The normalized spacial score (nSPS) is 23.3. The first-order valence-electron chi connectivity index (χ1n) is 8.35. The van der Waals surface area contributed by atoms with Crippen LogP contribution < -0.4 is 5.73 Å². The second kappa shape index (κ2) is 7.98. The summed E-state index contributed by atoms with van der Waals surface area (Å²) >= 11 is 0. The van der Waals surface area contributed by atoms with Crippen LogP contribution in [0.5, 0.6) is 0 Å². The predicted molar refractivity (Wildman–Crippen MR) is 91.9 cm³/mol. The molecule has 4 heteroatoms. The van der Waals surface area contributed by atoms with Gasteiger partial charge in [-0.15, -0.1) is 12.4 Å². The van der Waals surface area contributed by atoms with Gasteiger partial charge in [0.15, 0.2) is 0 Å². The van der Waals surface area contributed by atoms with Gasteiger partial charge in [-0.2, -0.15) is 0 Å². The number of benzene rings is 1. The first-order chi connectivity index (χ1) is 10.3. The van der Waals surface area contributed by atoms with E-state index < -0.39 is 0 Å². The summed E-state index contributed by atoms with van der Waals surface area (Å²) in [6.45, 7) is 0.932. The molecule has 1 aliphatic carbocycles. The fraction of sp³-hybridized carbons (Fsp3) is 0.611. The fourth-order valence-electron chi connectivity index (χ4n) is 4.06. The Bertz CT molecular complexity index is 473. The quantitative estimate of drug-likeness (QED) is 0.919. The van der Waals surface area contributed by atoms with E-state index in [1.807, 2.05) is 30.3 Å². The standard InChI is InChI=1S/C18H26N2O.ClH/c19-16(14-7-2-1-3-8-14)13-18(21)20-12-6-11-17(20)15-9-4-5-10-15;/h1-3,7-8,15-17H,4-6,9-13,19H2;1H. The molecule has 2 aliphatic rings. The SMILES string of the molecule is Cl.NC(CC(=O)N1CCCC1C1CCCC1)c1ccccc1. The lowest BCUT2D eigenvalue weighted by Crippen LogP contribution is -2.40.